The Morgan fingerprint density at radius 1 is 1.18 bits per heavy atom. The molecule has 0 N–H and O–H groups in total. The summed E-state index contributed by atoms with van der Waals surface area (Å²) in [6.07, 6.45) is 3.96. The summed E-state index contributed by atoms with van der Waals surface area (Å²) in [6, 6.07) is 0. The minimum Gasteiger partial charge on any atom is -0.389 e. The first-order valence-electron chi connectivity index (χ1n) is 6.42. The van der Waals surface area contributed by atoms with Crippen molar-refractivity contribution in [3.8, 4) is 0 Å². The second-order valence-corrected chi connectivity index (χ2v) is 6.09. The summed E-state index contributed by atoms with van der Waals surface area (Å²) in [6.45, 7) is 6.25. The first-order valence-corrected chi connectivity index (χ1v) is 6.42. The van der Waals surface area contributed by atoms with E-state index in [1.165, 1.54) is 5.57 Å². The lowest BCUT2D eigenvalue weighted by Crippen LogP contribution is -2.52. The van der Waals surface area contributed by atoms with Gasteiger partial charge in [0.1, 0.15) is 5.41 Å². The number of allylic oxidation sites excluding steroid dienone is 1. The number of fused-ring (bicyclic) bond motifs is 2. The Labute approximate surface area is 101 Å². The normalized spacial score (nSPS) is 40.0. The molecule has 0 radical (unpaired) electrons. The molecular formula is C14H18O3. The Balaban J connectivity index is 2.28. The van der Waals surface area contributed by atoms with Gasteiger partial charge >= 0.3 is 11.9 Å². The maximum atomic E-state index is 12.2. The van der Waals surface area contributed by atoms with Crippen LogP contribution in [-0.4, -0.2) is 11.9 Å². The Hall–Kier alpha value is -1.12. The number of hydrogen-bond donors (Lipinski definition) is 0. The molecule has 0 amide bonds. The molecule has 17 heavy (non-hydrogen) atoms. The van der Waals surface area contributed by atoms with Crippen LogP contribution in [0.1, 0.15) is 46.5 Å². The van der Waals surface area contributed by atoms with E-state index in [-0.39, 0.29) is 17.4 Å². The zero-order valence-electron chi connectivity index (χ0n) is 10.6. The second-order valence-electron chi connectivity index (χ2n) is 6.09. The molecule has 1 atom stereocenters. The summed E-state index contributed by atoms with van der Waals surface area (Å²) in [5.74, 6) is -0.303. The molecule has 1 saturated heterocycles. The molecule has 1 saturated carbocycles. The highest BCUT2D eigenvalue weighted by atomic mass is 16.6. The molecule has 4 aliphatic rings. The van der Waals surface area contributed by atoms with Gasteiger partial charge in [0, 0.05) is 0 Å². The molecular weight excluding hydrogens is 216 g/mol. The van der Waals surface area contributed by atoms with Crippen LogP contribution >= 0.6 is 0 Å². The van der Waals surface area contributed by atoms with E-state index >= 15 is 0 Å². The fourth-order valence-electron chi connectivity index (χ4n) is 4.40. The second kappa shape index (κ2) is 3.01. The van der Waals surface area contributed by atoms with Gasteiger partial charge in [-0.1, -0.05) is 19.4 Å². The summed E-state index contributed by atoms with van der Waals surface area (Å²) >= 11 is 0. The van der Waals surface area contributed by atoms with E-state index in [2.05, 4.69) is 13.8 Å². The molecule has 0 aromatic rings. The van der Waals surface area contributed by atoms with Gasteiger partial charge in [-0.05, 0) is 43.9 Å². The van der Waals surface area contributed by atoms with E-state index in [1.54, 1.807) is 0 Å². The molecule has 3 nitrogen and oxygen atoms in total. The first kappa shape index (κ1) is 11.0. The minimum absolute atomic E-state index is 0.0761. The summed E-state index contributed by atoms with van der Waals surface area (Å²) in [5.41, 5.74) is 1.12. The number of carbonyl (C=O) groups is 2. The molecule has 0 aromatic carbocycles. The largest absolute Gasteiger partial charge is 0.389 e. The van der Waals surface area contributed by atoms with Crippen molar-refractivity contribution in [2.45, 2.75) is 46.5 Å². The molecule has 4 rings (SSSR count). The van der Waals surface area contributed by atoms with E-state index in [1.807, 2.05) is 6.92 Å². The topological polar surface area (TPSA) is 43.4 Å². The molecule has 0 aromatic heterocycles. The van der Waals surface area contributed by atoms with Crippen LogP contribution in [0.3, 0.4) is 0 Å². The molecule has 0 spiro atoms. The van der Waals surface area contributed by atoms with E-state index < -0.39 is 5.41 Å². The van der Waals surface area contributed by atoms with Crippen LogP contribution in [0.5, 0.6) is 0 Å². The lowest BCUT2D eigenvalue weighted by atomic mass is 9.46. The molecule has 2 bridgehead atoms. The maximum Gasteiger partial charge on any atom is 0.342 e. The quantitative estimate of drug-likeness (QED) is 0.517. The van der Waals surface area contributed by atoms with Crippen LogP contribution in [0, 0.1) is 16.7 Å². The Kier molecular flexibility index (Phi) is 1.94. The lowest BCUT2D eigenvalue weighted by molar-refractivity contribution is -0.160. The third-order valence-corrected chi connectivity index (χ3v) is 5.50. The number of esters is 2. The summed E-state index contributed by atoms with van der Waals surface area (Å²) in [7, 11) is 0. The van der Waals surface area contributed by atoms with Gasteiger partial charge in [0.05, 0.1) is 5.57 Å². The standard InChI is InChI=1S/C14H18O3/c1-8(2)14-6-4-9(5-7-14)10-11(15)17-12(16)13(10,14)3/h8H,4-7H2,1-3H3. The summed E-state index contributed by atoms with van der Waals surface area (Å²) < 4.78 is 4.93. The average molecular weight is 234 g/mol. The van der Waals surface area contributed by atoms with Crippen molar-refractivity contribution in [3.05, 3.63) is 11.1 Å². The van der Waals surface area contributed by atoms with E-state index in [0.29, 0.717) is 11.5 Å². The van der Waals surface area contributed by atoms with Crippen molar-refractivity contribution < 1.29 is 14.3 Å². The fraction of sp³-hybridized carbons (Fsp3) is 0.714. The Bertz CT molecular complexity index is 448. The highest BCUT2D eigenvalue weighted by Gasteiger charge is 2.67. The number of cyclic esters (lactones) is 2. The van der Waals surface area contributed by atoms with Crippen molar-refractivity contribution in [1.82, 2.24) is 0 Å². The van der Waals surface area contributed by atoms with E-state index in [0.717, 1.165) is 25.7 Å². The van der Waals surface area contributed by atoms with Crippen LogP contribution in [0.25, 0.3) is 0 Å². The highest BCUT2D eigenvalue weighted by Crippen LogP contribution is 2.66. The number of carbonyl (C=O) groups excluding carboxylic acids is 2. The van der Waals surface area contributed by atoms with Crippen LogP contribution < -0.4 is 0 Å². The van der Waals surface area contributed by atoms with Gasteiger partial charge in [-0.2, -0.15) is 0 Å². The van der Waals surface area contributed by atoms with Crippen molar-refractivity contribution >= 4 is 11.9 Å². The van der Waals surface area contributed by atoms with Gasteiger partial charge in [0.15, 0.2) is 0 Å². The maximum absolute atomic E-state index is 12.2. The minimum atomic E-state index is -0.677. The number of hydrogen-bond acceptors (Lipinski definition) is 3. The van der Waals surface area contributed by atoms with Gasteiger partial charge in [0.25, 0.3) is 0 Å². The van der Waals surface area contributed by atoms with Gasteiger partial charge < -0.3 is 4.74 Å². The molecule has 3 heteroatoms. The Morgan fingerprint density at radius 2 is 1.76 bits per heavy atom. The predicted molar refractivity (Wildman–Crippen MR) is 62.0 cm³/mol. The van der Waals surface area contributed by atoms with Gasteiger partial charge in [-0.25, -0.2) is 4.79 Å². The molecule has 1 aliphatic heterocycles. The monoisotopic (exact) mass is 234 g/mol. The molecule has 92 valence electrons. The number of rotatable bonds is 1. The summed E-state index contributed by atoms with van der Waals surface area (Å²) in [4.78, 5) is 24.0. The van der Waals surface area contributed by atoms with Crippen molar-refractivity contribution in [2.24, 2.45) is 16.7 Å². The highest BCUT2D eigenvalue weighted by molar-refractivity contribution is 6.11. The van der Waals surface area contributed by atoms with Crippen LogP contribution in [-0.2, 0) is 14.3 Å². The lowest BCUT2D eigenvalue weighted by Gasteiger charge is -2.54. The zero-order valence-corrected chi connectivity index (χ0v) is 10.6. The SMILES string of the molecule is CC(C)C12CCC(=C3C(=O)OC(=O)C31C)CC2. The average Bonchev–Trinajstić information content (AvgIpc) is 2.53. The molecule has 1 heterocycles. The number of ether oxygens (including phenoxy) is 1. The van der Waals surface area contributed by atoms with Crippen molar-refractivity contribution in [3.63, 3.8) is 0 Å². The van der Waals surface area contributed by atoms with Gasteiger partial charge in [0.2, 0.25) is 0 Å². The first-order chi connectivity index (χ1) is 7.93. The van der Waals surface area contributed by atoms with Crippen LogP contribution in [0.15, 0.2) is 11.1 Å². The zero-order chi connectivity index (χ0) is 12.4. The van der Waals surface area contributed by atoms with Crippen molar-refractivity contribution in [1.29, 1.82) is 0 Å². The molecule has 2 fully saturated rings. The van der Waals surface area contributed by atoms with Gasteiger partial charge in [-0.15, -0.1) is 0 Å². The molecule has 1 unspecified atom stereocenters. The van der Waals surface area contributed by atoms with Crippen molar-refractivity contribution in [2.75, 3.05) is 0 Å². The summed E-state index contributed by atoms with van der Waals surface area (Å²) in [5, 5.41) is 0. The Morgan fingerprint density at radius 3 is 2.29 bits per heavy atom. The van der Waals surface area contributed by atoms with Crippen LogP contribution in [0.4, 0.5) is 0 Å². The smallest absolute Gasteiger partial charge is 0.342 e. The third kappa shape index (κ3) is 0.992. The van der Waals surface area contributed by atoms with Crippen LogP contribution in [0.2, 0.25) is 0 Å². The fourth-order valence-corrected chi connectivity index (χ4v) is 4.40. The molecule has 3 aliphatic carbocycles. The van der Waals surface area contributed by atoms with E-state index in [9.17, 15) is 9.59 Å². The van der Waals surface area contributed by atoms with Gasteiger partial charge in [-0.3, -0.25) is 4.79 Å². The predicted octanol–water partition coefficient (Wildman–Crippen LogP) is 2.60. The van der Waals surface area contributed by atoms with E-state index in [4.69, 9.17) is 4.74 Å². The third-order valence-electron chi connectivity index (χ3n) is 5.50.